The third kappa shape index (κ3) is 3.77. The zero-order chi connectivity index (χ0) is 17.2. The first-order chi connectivity index (χ1) is 11.4. The molecule has 0 aromatic heterocycles. The van der Waals surface area contributed by atoms with E-state index in [1.165, 1.54) is 0 Å². The van der Waals surface area contributed by atoms with E-state index in [0.29, 0.717) is 11.6 Å². The zero-order valence-corrected chi connectivity index (χ0v) is 14.7. The number of hydrogen-bond acceptors (Lipinski definition) is 2. The topological polar surface area (TPSA) is 46.2 Å². The smallest absolute Gasteiger partial charge is 0.261 e. The van der Waals surface area contributed by atoms with Crippen molar-refractivity contribution in [2.24, 2.45) is 5.92 Å². The summed E-state index contributed by atoms with van der Waals surface area (Å²) >= 11 is 0. The normalized spacial score (nSPS) is 11.8. The first-order valence-electron chi connectivity index (χ1n) is 8.04. The lowest BCUT2D eigenvalue weighted by atomic mass is 10.0. The summed E-state index contributed by atoms with van der Waals surface area (Å²) in [5.74, 6) is 0.545. The molecule has 3 rings (SSSR count). The molecule has 24 heavy (non-hydrogen) atoms. The van der Waals surface area contributed by atoms with E-state index < -0.39 is 10.0 Å². The predicted molar refractivity (Wildman–Crippen MR) is 99.7 cm³/mol. The molecule has 1 N–H and O–H groups in total. The van der Waals surface area contributed by atoms with Crippen LogP contribution in [0.2, 0.25) is 0 Å². The maximum atomic E-state index is 12.6. The van der Waals surface area contributed by atoms with Crippen LogP contribution in [0.1, 0.15) is 19.4 Å². The van der Waals surface area contributed by atoms with Crippen molar-refractivity contribution in [3.8, 4) is 0 Å². The van der Waals surface area contributed by atoms with E-state index in [1.54, 1.807) is 18.2 Å². The van der Waals surface area contributed by atoms with Crippen LogP contribution in [0.4, 0.5) is 5.69 Å². The summed E-state index contributed by atoms with van der Waals surface area (Å²) in [5, 5.41) is 2.09. The Balaban J connectivity index is 1.84. The molecule has 0 fully saturated rings. The highest BCUT2D eigenvalue weighted by atomic mass is 32.2. The lowest BCUT2D eigenvalue weighted by molar-refractivity contribution is 0.601. The Morgan fingerprint density at radius 3 is 2.21 bits per heavy atom. The van der Waals surface area contributed by atoms with Crippen LogP contribution in [0.3, 0.4) is 0 Å². The Hall–Kier alpha value is -2.33. The quantitative estimate of drug-likeness (QED) is 0.723. The van der Waals surface area contributed by atoms with Gasteiger partial charge in [0.2, 0.25) is 0 Å². The van der Waals surface area contributed by atoms with Gasteiger partial charge in [-0.25, -0.2) is 8.42 Å². The van der Waals surface area contributed by atoms with Gasteiger partial charge in [-0.3, -0.25) is 4.72 Å². The molecule has 0 saturated heterocycles. The first kappa shape index (κ1) is 16.5. The Kier molecular flexibility index (Phi) is 4.58. The van der Waals surface area contributed by atoms with Crippen molar-refractivity contribution in [1.82, 2.24) is 0 Å². The van der Waals surface area contributed by atoms with Crippen molar-refractivity contribution in [2.75, 3.05) is 4.72 Å². The number of sulfonamides is 1. The van der Waals surface area contributed by atoms with Crippen LogP contribution < -0.4 is 4.72 Å². The summed E-state index contributed by atoms with van der Waals surface area (Å²) in [6.45, 7) is 4.29. The van der Waals surface area contributed by atoms with Crippen LogP contribution in [0.25, 0.3) is 10.8 Å². The number of benzene rings is 3. The number of anilines is 1. The van der Waals surface area contributed by atoms with E-state index in [4.69, 9.17) is 0 Å². The van der Waals surface area contributed by atoms with E-state index in [-0.39, 0.29) is 4.90 Å². The molecule has 0 aliphatic heterocycles. The van der Waals surface area contributed by atoms with Crippen LogP contribution in [0.15, 0.2) is 71.6 Å². The summed E-state index contributed by atoms with van der Waals surface area (Å²) in [5.41, 5.74) is 1.72. The molecular weight excluding hydrogens is 318 g/mol. The fourth-order valence-electron chi connectivity index (χ4n) is 2.74. The number of rotatable bonds is 5. The monoisotopic (exact) mass is 339 g/mol. The molecule has 0 spiro atoms. The summed E-state index contributed by atoms with van der Waals surface area (Å²) in [4.78, 5) is 0.281. The third-order valence-electron chi connectivity index (χ3n) is 3.88. The Morgan fingerprint density at radius 1 is 0.875 bits per heavy atom. The highest BCUT2D eigenvalue weighted by Gasteiger charge is 2.14. The molecule has 3 nitrogen and oxygen atoms in total. The minimum absolute atomic E-state index is 0.281. The van der Waals surface area contributed by atoms with Crippen molar-refractivity contribution in [2.45, 2.75) is 25.2 Å². The second-order valence-electron chi connectivity index (χ2n) is 6.41. The molecule has 0 radical (unpaired) electrons. The lowest BCUT2D eigenvalue weighted by Crippen LogP contribution is -2.13. The van der Waals surface area contributed by atoms with Crippen LogP contribution in [-0.4, -0.2) is 8.42 Å². The van der Waals surface area contributed by atoms with Crippen molar-refractivity contribution in [3.05, 3.63) is 72.3 Å². The van der Waals surface area contributed by atoms with Crippen molar-refractivity contribution >= 4 is 26.5 Å². The minimum Gasteiger partial charge on any atom is -0.280 e. The van der Waals surface area contributed by atoms with Crippen LogP contribution in [-0.2, 0) is 16.4 Å². The maximum Gasteiger partial charge on any atom is 0.261 e. The molecule has 0 bridgehead atoms. The molecular formula is C20H21NO2S. The van der Waals surface area contributed by atoms with E-state index >= 15 is 0 Å². The van der Waals surface area contributed by atoms with Gasteiger partial charge in [0.25, 0.3) is 10.0 Å². The minimum atomic E-state index is -3.58. The Bertz CT molecular complexity index is 945. The highest BCUT2D eigenvalue weighted by molar-refractivity contribution is 7.92. The average molecular weight is 339 g/mol. The SMILES string of the molecule is CC(C)Cc1ccc(S(=O)(=O)Nc2ccc3ccccc3c2)cc1. The molecule has 4 heteroatoms. The van der Waals surface area contributed by atoms with Gasteiger partial charge in [0, 0.05) is 5.69 Å². The fraction of sp³-hybridized carbons (Fsp3) is 0.200. The van der Waals surface area contributed by atoms with Crippen LogP contribution >= 0.6 is 0 Å². The Morgan fingerprint density at radius 2 is 1.54 bits per heavy atom. The maximum absolute atomic E-state index is 12.6. The zero-order valence-electron chi connectivity index (χ0n) is 13.9. The average Bonchev–Trinajstić information content (AvgIpc) is 2.54. The molecule has 0 amide bonds. The molecule has 3 aromatic carbocycles. The van der Waals surface area contributed by atoms with Crippen LogP contribution in [0.5, 0.6) is 0 Å². The number of fused-ring (bicyclic) bond motifs is 1. The third-order valence-corrected chi connectivity index (χ3v) is 5.28. The van der Waals surface area contributed by atoms with Crippen LogP contribution in [0, 0.1) is 5.92 Å². The number of hydrogen-bond donors (Lipinski definition) is 1. The summed E-state index contributed by atoms with van der Waals surface area (Å²) in [6, 6.07) is 20.5. The fourth-order valence-corrected chi connectivity index (χ4v) is 3.79. The van der Waals surface area contributed by atoms with E-state index in [0.717, 1.165) is 22.8 Å². The van der Waals surface area contributed by atoms with Gasteiger partial charge in [-0.05, 0) is 52.9 Å². The second-order valence-corrected chi connectivity index (χ2v) is 8.09. The molecule has 0 aliphatic carbocycles. The molecule has 124 valence electrons. The van der Waals surface area contributed by atoms with Gasteiger partial charge in [-0.1, -0.05) is 56.3 Å². The van der Waals surface area contributed by atoms with Gasteiger partial charge in [-0.15, -0.1) is 0 Å². The van der Waals surface area contributed by atoms with Gasteiger partial charge in [0.1, 0.15) is 0 Å². The van der Waals surface area contributed by atoms with Crippen molar-refractivity contribution in [1.29, 1.82) is 0 Å². The van der Waals surface area contributed by atoms with Gasteiger partial charge < -0.3 is 0 Å². The molecule has 0 saturated carbocycles. The van der Waals surface area contributed by atoms with Gasteiger partial charge >= 0.3 is 0 Å². The standard InChI is InChI=1S/C20H21NO2S/c1-15(2)13-16-7-11-20(12-8-16)24(22,23)21-19-10-9-17-5-3-4-6-18(17)14-19/h3-12,14-15,21H,13H2,1-2H3. The van der Waals surface area contributed by atoms with Crippen molar-refractivity contribution in [3.63, 3.8) is 0 Å². The van der Waals surface area contributed by atoms with Crippen molar-refractivity contribution < 1.29 is 8.42 Å². The largest absolute Gasteiger partial charge is 0.280 e. The second kappa shape index (κ2) is 6.65. The van der Waals surface area contributed by atoms with Gasteiger partial charge in [0.15, 0.2) is 0 Å². The molecule has 0 aliphatic rings. The predicted octanol–water partition coefficient (Wildman–Crippen LogP) is 4.84. The molecule has 3 aromatic rings. The summed E-state index contributed by atoms with van der Waals surface area (Å²) in [7, 11) is -3.58. The van der Waals surface area contributed by atoms with Gasteiger partial charge in [-0.2, -0.15) is 0 Å². The van der Waals surface area contributed by atoms with E-state index in [1.807, 2.05) is 48.5 Å². The first-order valence-corrected chi connectivity index (χ1v) is 9.53. The molecule has 0 heterocycles. The molecule has 0 atom stereocenters. The van der Waals surface area contributed by atoms with E-state index in [2.05, 4.69) is 18.6 Å². The van der Waals surface area contributed by atoms with E-state index in [9.17, 15) is 8.42 Å². The lowest BCUT2D eigenvalue weighted by Gasteiger charge is -2.10. The summed E-state index contributed by atoms with van der Waals surface area (Å²) in [6.07, 6.45) is 0.943. The Labute approximate surface area is 143 Å². The highest BCUT2D eigenvalue weighted by Crippen LogP contribution is 2.22. The van der Waals surface area contributed by atoms with Gasteiger partial charge in [0.05, 0.1) is 4.90 Å². The molecule has 0 unspecified atom stereocenters. The summed E-state index contributed by atoms with van der Waals surface area (Å²) < 4.78 is 27.8. The number of nitrogens with one attached hydrogen (secondary N) is 1.